The zero-order valence-corrected chi connectivity index (χ0v) is 30.0. The second-order valence-corrected chi connectivity index (χ2v) is 16.7. The number of hydrogen-bond acceptors (Lipinski definition) is 3. The second kappa shape index (κ2) is 12.8. The van der Waals surface area contributed by atoms with Gasteiger partial charge >= 0.3 is 0 Å². The van der Waals surface area contributed by atoms with Gasteiger partial charge in [0, 0.05) is 37.9 Å². The van der Waals surface area contributed by atoms with E-state index in [4.69, 9.17) is 4.42 Å². The first kappa shape index (κ1) is 31.6. The smallest absolute Gasteiger partial charge is 0.171 e. The molecule has 1 N–H and O–H groups in total. The average Bonchev–Trinajstić information content (AvgIpc) is 3.61. The summed E-state index contributed by atoms with van der Waals surface area (Å²) in [6.07, 6.45) is 8.74. The molecule has 2 heterocycles. The van der Waals surface area contributed by atoms with Gasteiger partial charge in [-0.15, -0.1) is 0 Å². The van der Waals surface area contributed by atoms with Crippen LogP contribution in [0.3, 0.4) is 0 Å². The third-order valence-corrected chi connectivity index (χ3v) is 13.9. The molecule has 2 aliphatic rings. The number of hydrogen-bond donors (Lipinski definition) is 1. The number of allylic oxidation sites excluding steroid dienone is 4. The lowest BCUT2D eigenvalue weighted by Crippen LogP contribution is -2.24. The molecule has 1 aromatic heterocycles. The van der Waals surface area contributed by atoms with Gasteiger partial charge in [0.1, 0.15) is 11.2 Å². The molecule has 1 aliphatic carbocycles. The maximum absolute atomic E-state index is 15.0. The van der Waals surface area contributed by atoms with Crippen LogP contribution in [0, 0.1) is 0 Å². The highest BCUT2D eigenvalue weighted by atomic mass is 31.2. The number of benzene rings is 7. The predicted molar refractivity (Wildman–Crippen MR) is 222 cm³/mol. The highest BCUT2D eigenvalue weighted by molar-refractivity contribution is 7.85. The van der Waals surface area contributed by atoms with Crippen molar-refractivity contribution in [2.75, 3.05) is 5.32 Å². The maximum atomic E-state index is 15.0. The van der Waals surface area contributed by atoms with Crippen molar-refractivity contribution in [2.45, 2.75) is 18.9 Å². The third-order valence-electron chi connectivity index (χ3n) is 10.9. The Morgan fingerprint density at radius 2 is 1.30 bits per heavy atom. The fourth-order valence-corrected chi connectivity index (χ4v) is 11.0. The van der Waals surface area contributed by atoms with Crippen LogP contribution in [0.1, 0.15) is 35.6 Å². The zero-order valence-electron chi connectivity index (χ0n) is 29.1. The minimum Gasteiger partial charge on any atom is -0.456 e. The van der Waals surface area contributed by atoms with Gasteiger partial charge in [0.15, 0.2) is 7.14 Å². The number of anilines is 1. The van der Waals surface area contributed by atoms with Crippen molar-refractivity contribution < 1.29 is 8.98 Å². The lowest BCUT2D eigenvalue weighted by molar-refractivity contribution is 0.592. The standard InChI is InChI=1S/C49H36NO2P/c51-53(37-19-6-2-7-20-37,38-21-8-3-9-22-38)39-29-27-33(28-30-39)35-17-14-18-36(31-35)49-42-32-45-48(41-24-11-13-26-44(41)52-45)46(34-15-4-1-5-16-34)47(42)40-23-10-12-25-43(40)50-49/h1-4,6-15,17-32,49-50H,5,16H2. The van der Waals surface area contributed by atoms with Gasteiger partial charge in [-0.25, -0.2) is 0 Å². The molecule has 8 aromatic rings. The molecule has 53 heavy (non-hydrogen) atoms. The summed E-state index contributed by atoms with van der Waals surface area (Å²) in [5.74, 6) is 0. The van der Waals surface area contributed by atoms with Crippen molar-refractivity contribution in [2.24, 2.45) is 0 Å². The normalized spacial score (nSPS) is 15.1. The Labute approximate surface area is 309 Å². The van der Waals surface area contributed by atoms with Crippen LogP contribution in [-0.2, 0) is 4.57 Å². The van der Waals surface area contributed by atoms with E-state index in [1.165, 1.54) is 38.8 Å². The number of para-hydroxylation sites is 2. The first-order valence-corrected chi connectivity index (χ1v) is 20.0. The lowest BCUT2D eigenvalue weighted by atomic mass is 9.79. The summed E-state index contributed by atoms with van der Waals surface area (Å²) in [7, 11) is -3.06. The van der Waals surface area contributed by atoms with Crippen LogP contribution in [0.2, 0.25) is 0 Å². The summed E-state index contributed by atoms with van der Waals surface area (Å²) in [5.41, 5.74) is 12.6. The van der Waals surface area contributed by atoms with E-state index in [0.717, 1.165) is 62.1 Å². The Balaban J connectivity index is 1.11. The number of nitrogens with one attached hydrogen (secondary N) is 1. The minimum atomic E-state index is -3.06. The first-order chi connectivity index (χ1) is 26.2. The summed E-state index contributed by atoms with van der Waals surface area (Å²) in [6.45, 7) is 0. The first-order valence-electron chi connectivity index (χ1n) is 18.3. The third kappa shape index (κ3) is 5.23. The van der Waals surface area contributed by atoms with Gasteiger partial charge in [0.05, 0.1) is 6.04 Å². The summed E-state index contributed by atoms with van der Waals surface area (Å²) in [4.78, 5) is 0. The molecule has 1 unspecified atom stereocenters. The van der Waals surface area contributed by atoms with Gasteiger partial charge in [-0.3, -0.25) is 0 Å². The number of furan rings is 1. The molecule has 0 bridgehead atoms. The Morgan fingerprint density at radius 3 is 2.06 bits per heavy atom. The fourth-order valence-electron chi connectivity index (χ4n) is 8.36. The molecule has 1 atom stereocenters. The summed E-state index contributed by atoms with van der Waals surface area (Å²) in [5, 5.41) is 8.76. The van der Waals surface area contributed by atoms with Crippen LogP contribution in [0.25, 0.3) is 49.8 Å². The molecule has 254 valence electrons. The fraction of sp³-hybridized carbons (Fsp3) is 0.0612. The molecule has 0 radical (unpaired) electrons. The number of rotatable bonds is 6. The van der Waals surface area contributed by atoms with Crippen LogP contribution < -0.4 is 21.2 Å². The topological polar surface area (TPSA) is 42.2 Å². The molecule has 0 amide bonds. The van der Waals surface area contributed by atoms with E-state index in [-0.39, 0.29) is 6.04 Å². The molecule has 10 rings (SSSR count). The molecule has 0 saturated heterocycles. The van der Waals surface area contributed by atoms with E-state index in [2.05, 4.69) is 108 Å². The van der Waals surface area contributed by atoms with Gasteiger partial charge in [-0.2, -0.15) is 0 Å². The minimum absolute atomic E-state index is 0.105. The summed E-state index contributed by atoms with van der Waals surface area (Å²) in [6, 6.07) is 56.1. The van der Waals surface area contributed by atoms with E-state index < -0.39 is 7.14 Å². The Kier molecular flexibility index (Phi) is 7.63. The van der Waals surface area contributed by atoms with Gasteiger partial charge in [-0.05, 0) is 76.1 Å². The molecule has 0 spiro atoms. The van der Waals surface area contributed by atoms with E-state index in [1.54, 1.807) is 0 Å². The molecular weight excluding hydrogens is 666 g/mol. The van der Waals surface area contributed by atoms with Crippen molar-refractivity contribution in [1.82, 2.24) is 0 Å². The molecule has 1 aliphatic heterocycles. The van der Waals surface area contributed by atoms with Gasteiger partial charge in [-0.1, -0.05) is 158 Å². The summed E-state index contributed by atoms with van der Waals surface area (Å²) >= 11 is 0. The summed E-state index contributed by atoms with van der Waals surface area (Å²) < 4.78 is 21.6. The van der Waals surface area contributed by atoms with Gasteiger partial charge in [0.2, 0.25) is 0 Å². The van der Waals surface area contributed by atoms with Crippen LogP contribution >= 0.6 is 7.14 Å². The molecule has 7 aromatic carbocycles. The Bertz CT molecular complexity index is 2730. The van der Waals surface area contributed by atoms with Crippen LogP contribution in [0.5, 0.6) is 0 Å². The Morgan fingerprint density at radius 1 is 0.604 bits per heavy atom. The monoisotopic (exact) mass is 701 g/mol. The predicted octanol–water partition coefficient (Wildman–Crippen LogP) is 11.8. The van der Waals surface area contributed by atoms with Crippen molar-refractivity contribution in [1.29, 1.82) is 0 Å². The quantitative estimate of drug-likeness (QED) is 0.176. The van der Waals surface area contributed by atoms with Crippen LogP contribution in [-0.4, -0.2) is 0 Å². The van der Waals surface area contributed by atoms with Crippen molar-refractivity contribution >= 4 is 56.3 Å². The number of fused-ring (bicyclic) bond motifs is 6. The maximum Gasteiger partial charge on any atom is 0.171 e. The molecule has 0 saturated carbocycles. The SMILES string of the molecule is O=P(c1ccccc1)(c1ccccc1)c1ccc(-c2cccc(C3Nc4ccccc4-c4c3cc3oc5ccccc5c3c4C3=CC=CCC3)c2)cc1. The van der Waals surface area contributed by atoms with E-state index >= 15 is 4.57 Å². The molecular formula is C49H36NO2P. The molecule has 0 fully saturated rings. The van der Waals surface area contributed by atoms with E-state index in [1.807, 2.05) is 78.9 Å². The van der Waals surface area contributed by atoms with Crippen molar-refractivity contribution in [3.63, 3.8) is 0 Å². The average molecular weight is 702 g/mol. The van der Waals surface area contributed by atoms with Crippen molar-refractivity contribution in [3.05, 3.63) is 199 Å². The van der Waals surface area contributed by atoms with Gasteiger partial charge in [0.25, 0.3) is 0 Å². The molecule has 4 heteroatoms. The zero-order chi connectivity index (χ0) is 35.4. The highest BCUT2D eigenvalue weighted by Gasteiger charge is 2.32. The van der Waals surface area contributed by atoms with Crippen LogP contribution in [0.4, 0.5) is 5.69 Å². The highest BCUT2D eigenvalue weighted by Crippen LogP contribution is 2.51. The molecule has 3 nitrogen and oxygen atoms in total. The lowest BCUT2D eigenvalue weighted by Gasteiger charge is -2.33. The second-order valence-electron chi connectivity index (χ2n) is 13.9. The van der Waals surface area contributed by atoms with E-state index in [0.29, 0.717) is 0 Å². The van der Waals surface area contributed by atoms with Crippen molar-refractivity contribution in [3.8, 4) is 22.3 Å². The van der Waals surface area contributed by atoms with Crippen LogP contribution in [0.15, 0.2) is 186 Å². The van der Waals surface area contributed by atoms with E-state index in [9.17, 15) is 0 Å². The Hall–Kier alpha value is -6.15. The largest absolute Gasteiger partial charge is 0.456 e. The van der Waals surface area contributed by atoms with Gasteiger partial charge < -0.3 is 14.3 Å².